The van der Waals surface area contributed by atoms with E-state index in [2.05, 4.69) is 20.6 Å². The highest BCUT2D eigenvalue weighted by Gasteiger charge is 2.08. The van der Waals surface area contributed by atoms with Crippen LogP contribution in [0.3, 0.4) is 0 Å². The molecule has 0 saturated heterocycles. The van der Waals surface area contributed by atoms with Crippen molar-refractivity contribution in [2.24, 2.45) is 0 Å². The van der Waals surface area contributed by atoms with Gasteiger partial charge >= 0.3 is 0 Å². The molecule has 0 atom stereocenters. The topological polar surface area (TPSA) is 76.1 Å². The molecular weight excluding hydrogens is 364 g/mol. The quantitative estimate of drug-likeness (QED) is 0.651. The summed E-state index contributed by atoms with van der Waals surface area (Å²) in [6.07, 6.45) is 2.98. The van der Waals surface area contributed by atoms with Crippen LogP contribution >= 0.6 is 11.6 Å². The fourth-order valence-corrected chi connectivity index (χ4v) is 2.58. The van der Waals surface area contributed by atoms with Crippen molar-refractivity contribution in [3.05, 3.63) is 82.6 Å². The molecule has 0 radical (unpaired) electrons. The summed E-state index contributed by atoms with van der Waals surface area (Å²) >= 11 is 6.09. The van der Waals surface area contributed by atoms with E-state index in [1.54, 1.807) is 13.2 Å². The molecule has 2 aromatic carbocycles. The lowest BCUT2D eigenvalue weighted by molar-refractivity contribution is 0.0950. The van der Waals surface area contributed by atoms with E-state index in [9.17, 15) is 4.79 Å². The number of rotatable bonds is 7. The molecule has 0 aliphatic heterocycles. The largest absolute Gasteiger partial charge is 0.497 e. The van der Waals surface area contributed by atoms with Crippen molar-refractivity contribution in [1.82, 2.24) is 15.3 Å². The molecule has 1 heterocycles. The molecule has 3 aromatic rings. The number of ether oxygens (including phenoxy) is 1. The molecule has 0 spiro atoms. The number of benzene rings is 2. The third-order valence-electron chi connectivity index (χ3n) is 3.92. The summed E-state index contributed by atoms with van der Waals surface area (Å²) in [5, 5.41) is 6.54. The van der Waals surface area contributed by atoms with Gasteiger partial charge in [0.2, 0.25) is 5.95 Å². The van der Waals surface area contributed by atoms with Crippen LogP contribution in [-0.2, 0) is 13.1 Å². The fraction of sp³-hybridized carbons (Fsp3) is 0.150. The normalized spacial score (nSPS) is 10.3. The molecule has 3 rings (SSSR count). The first-order valence-corrected chi connectivity index (χ1v) is 8.74. The van der Waals surface area contributed by atoms with E-state index in [1.807, 2.05) is 42.5 Å². The molecule has 2 N–H and O–H groups in total. The third kappa shape index (κ3) is 5.18. The predicted molar refractivity (Wildman–Crippen MR) is 105 cm³/mol. The third-order valence-corrected chi connectivity index (χ3v) is 4.29. The van der Waals surface area contributed by atoms with Crippen LogP contribution in [0.1, 0.15) is 21.5 Å². The molecule has 138 valence electrons. The van der Waals surface area contributed by atoms with E-state index in [0.717, 1.165) is 16.9 Å². The zero-order valence-corrected chi connectivity index (χ0v) is 15.5. The number of carbonyl (C=O) groups excluding carboxylic acids is 1. The van der Waals surface area contributed by atoms with E-state index < -0.39 is 0 Å². The highest BCUT2D eigenvalue weighted by molar-refractivity contribution is 6.31. The highest BCUT2D eigenvalue weighted by atomic mass is 35.5. The monoisotopic (exact) mass is 382 g/mol. The summed E-state index contributed by atoms with van der Waals surface area (Å²) in [7, 11) is 1.63. The molecule has 0 unspecified atom stereocenters. The maximum Gasteiger partial charge on any atom is 0.254 e. The second-order valence-electron chi connectivity index (χ2n) is 5.77. The number of nitrogens with zero attached hydrogens (tertiary/aromatic N) is 2. The summed E-state index contributed by atoms with van der Waals surface area (Å²) in [5.41, 5.74) is 2.31. The van der Waals surface area contributed by atoms with Gasteiger partial charge in [-0.15, -0.1) is 0 Å². The lowest BCUT2D eigenvalue weighted by atomic mass is 10.2. The SMILES string of the molecule is COc1ccc(CNc2ncc(C(=O)NCc3ccccc3Cl)cn2)cc1. The van der Waals surface area contributed by atoms with Gasteiger partial charge < -0.3 is 15.4 Å². The summed E-state index contributed by atoms with van der Waals surface area (Å²) in [4.78, 5) is 20.6. The zero-order chi connectivity index (χ0) is 19.1. The van der Waals surface area contributed by atoms with Crippen molar-refractivity contribution in [2.45, 2.75) is 13.1 Å². The minimum atomic E-state index is -0.253. The minimum absolute atomic E-state index is 0.253. The minimum Gasteiger partial charge on any atom is -0.497 e. The molecule has 1 amide bonds. The number of aromatic nitrogens is 2. The number of carbonyl (C=O) groups is 1. The van der Waals surface area contributed by atoms with Crippen molar-refractivity contribution >= 4 is 23.5 Å². The van der Waals surface area contributed by atoms with Gasteiger partial charge in [0, 0.05) is 30.5 Å². The Morgan fingerprint density at radius 3 is 2.41 bits per heavy atom. The van der Waals surface area contributed by atoms with Crippen molar-refractivity contribution in [3.8, 4) is 5.75 Å². The molecule has 0 fully saturated rings. The van der Waals surface area contributed by atoms with Gasteiger partial charge in [-0.25, -0.2) is 9.97 Å². The van der Waals surface area contributed by atoms with Crippen LogP contribution in [0.15, 0.2) is 60.9 Å². The number of amides is 1. The number of methoxy groups -OCH3 is 1. The summed E-state index contributed by atoms with van der Waals surface area (Å²) < 4.78 is 5.13. The van der Waals surface area contributed by atoms with Gasteiger partial charge in [0.1, 0.15) is 5.75 Å². The Bertz CT molecular complexity index is 899. The maximum absolute atomic E-state index is 12.2. The van der Waals surface area contributed by atoms with Crippen LogP contribution in [0.2, 0.25) is 5.02 Å². The Labute approximate surface area is 162 Å². The molecule has 0 aliphatic carbocycles. The number of anilines is 1. The average molecular weight is 383 g/mol. The first-order chi connectivity index (χ1) is 13.2. The second kappa shape index (κ2) is 9.00. The molecule has 0 saturated carbocycles. The molecular formula is C20H19ClN4O2. The molecule has 0 bridgehead atoms. The zero-order valence-electron chi connectivity index (χ0n) is 14.8. The van der Waals surface area contributed by atoms with Gasteiger partial charge in [-0.3, -0.25) is 4.79 Å². The van der Waals surface area contributed by atoms with Gasteiger partial charge in [-0.2, -0.15) is 0 Å². The first kappa shape index (κ1) is 18.7. The number of nitrogens with one attached hydrogen (secondary N) is 2. The van der Waals surface area contributed by atoms with E-state index in [1.165, 1.54) is 12.4 Å². The smallest absolute Gasteiger partial charge is 0.254 e. The van der Waals surface area contributed by atoms with E-state index >= 15 is 0 Å². The second-order valence-corrected chi connectivity index (χ2v) is 6.18. The maximum atomic E-state index is 12.2. The Morgan fingerprint density at radius 1 is 1.04 bits per heavy atom. The molecule has 0 aliphatic rings. The Kier molecular flexibility index (Phi) is 6.22. The summed E-state index contributed by atoms with van der Waals surface area (Å²) in [5.74, 6) is 1.01. The van der Waals surface area contributed by atoms with Gasteiger partial charge in [0.25, 0.3) is 5.91 Å². The van der Waals surface area contributed by atoms with Crippen LogP contribution in [0.5, 0.6) is 5.75 Å². The molecule has 1 aromatic heterocycles. The Hall–Kier alpha value is -3.12. The van der Waals surface area contributed by atoms with Crippen LogP contribution in [-0.4, -0.2) is 23.0 Å². The molecule has 6 nitrogen and oxygen atoms in total. The lowest BCUT2D eigenvalue weighted by Crippen LogP contribution is -2.23. The van der Waals surface area contributed by atoms with Crippen LogP contribution in [0.25, 0.3) is 0 Å². The Morgan fingerprint density at radius 2 is 1.74 bits per heavy atom. The van der Waals surface area contributed by atoms with Gasteiger partial charge in [0.05, 0.1) is 12.7 Å². The van der Waals surface area contributed by atoms with Gasteiger partial charge in [-0.05, 0) is 29.3 Å². The molecule has 7 heteroatoms. The van der Waals surface area contributed by atoms with Crippen molar-refractivity contribution < 1.29 is 9.53 Å². The van der Waals surface area contributed by atoms with Crippen LogP contribution in [0, 0.1) is 0 Å². The van der Waals surface area contributed by atoms with Crippen molar-refractivity contribution in [1.29, 1.82) is 0 Å². The van der Waals surface area contributed by atoms with Crippen LogP contribution in [0.4, 0.5) is 5.95 Å². The lowest BCUT2D eigenvalue weighted by Gasteiger charge is -2.08. The predicted octanol–water partition coefficient (Wildman–Crippen LogP) is 3.68. The van der Waals surface area contributed by atoms with E-state index in [4.69, 9.17) is 16.3 Å². The number of hydrogen-bond donors (Lipinski definition) is 2. The van der Waals surface area contributed by atoms with Crippen LogP contribution < -0.4 is 15.4 Å². The fourth-order valence-electron chi connectivity index (χ4n) is 2.38. The van der Waals surface area contributed by atoms with Crippen molar-refractivity contribution in [2.75, 3.05) is 12.4 Å². The summed E-state index contributed by atoms with van der Waals surface area (Å²) in [6, 6.07) is 15.1. The number of halogens is 1. The highest BCUT2D eigenvalue weighted by Crippen LogP contribution is 2.15. The van der Waals surface area contributed by atoms with Gasteiger partial charge in [-0.1, -0.05) is 41.9 Å². The number of hydrogen-bond acceptors (Lipinski definition) is 5. The average Bonchev–Trinajstić information content (AvgIpc) is 2.72. The van der Waals surface area contributed by atoms with Crippen molar-refractivity contribution in [3.63, 3.8) is 0 Å². The van der Waals surface area contributed by atoms with E-state index in [-0.39, 0.29) is 5.91 Å². The van der Waals surface area contributed by atoms with E-state index in [0.29, 0.717) is 29.6 Å². The van der Waals surface area contributed by atoms with Gasteiger partial charge in [0.15, 0.2) is 0 Å². The summed E-state index contributed by atoms with van der Waals surface area (Å²) in [6.45, 7) is 0.915. The first-order valence-electron chi connectivity index (χ1n) is 8.36. The Balaban J connectivity index is 1.53. The molecule has 27 heavy (non-hydrogen) atoms. The standard InChI is InChI=1S/C20H19ClN4O2/c1-27-17-8-6-14(7-9-17)10-23-20-24-12-16(13-25-20)19(26)22-11-15-4-2-3-5-18(15)21/h2-9,12-13H,10-11H2,1H3,(H,22,26)(H,23,24,25).